The lowest BCUT2D eigenvalue weighted by Gasteiger charge is -2.12. The Hall–Kier alpha value is -2.47. The number of ether oxygens (including phenoxy) is 2. The summed E-state index contributed by atoms with van der Waals surface area (Å²) in [6.45, 7) is 1.69. The van der Waals surface area contributed by atoms with Crippen molar-refractivity contribution in [3.05, 3.63) is 52.8 Å². The minimum Gasteiger partial charge on any atom is -0.454 e. The number of nitrogens with one attached hydrogen (secondary N) is 2. The number of rotatable bonds is 5. The second kappa shape index (κ2) is 7.88. The maximum absolute atomic E-state index is 5.78. The smallest absolute Gasteiger partial charge is 0.231 e. The quantitative estimate of drug-likeness (QED) is 0.494. The second-order valence-electron chi connectivity index (χ2n) is 5.28. The molecule has 2 N–H and O–H groups in total. The molecule has 0 unspecified atom stereocenters. The summed E-state index contributed by atoms with van der Waals surface area (Å²) < 4.78 is 10.7. The van der Waals surface area contributed by atoms with Crippen molar-refractivity contribution in [2.75, 3.05) is 20.4 Å². The van der Waals surface area contributed by atoms with Crippen molar-refractivity contribution in [1.29, 1.82) is 0 Å². The van der Waals surface area contributed by atoms with Crippen LogP contribution in [-0.2, 0) is 13.0 Å². The van der Waals surface area contributed by atoms with Crippen LogP contribution < -0.4 is 20.1 Å². The number of fused-ring (bicyclic) bond motifs is 1. The number of guanidine groups is 1. The van der Waals surface area contributed by atoms with Gasteiger partial charge in [-0.2, -0.15) is 0 Å². The molecule has 0 aliphatic carbocycles. The summed E-state index contributed by atoms with van der Waals surface area (Å²) in [6.07, 6.45) is 2.61. The maximum Gasteiger partial charge on any atom is 0.231 e. The number of hydrogen-bond donors (Lipinski definition) is 2. The van der Waals surface area contributed by atoms with Crippen molar-refractivity contribution in [3.63, 3.8) is 0 Å². The van der Waals surface area contributed by atoms with E-state index in [-0.39, 0.29) is 0 Å². The third-order valence-electron chi connectivity index (χ3n) is 3.62. The monoisotopic (exact) mass is 346 g/mol. The van der Waals surface area contributed by atoms with E-state index in [1.54, 1.807) is 19.3 Å². The molecule has 0 radical (unpaired) electrons. The molecule has 0 saturated heterocycles. The number of halogens is 1. The molecule has 126 valence electrons. The first kappa shape index (κ1) is 16.4. The molecule has 0 fully saturated rings. The molecule has 2 heterocycles. The Morgan fingerprint density at radius 2 is 2.00 bits per heavy atom. The molecule has 1 aromatic heterocycles. The van der Waals surface area contributed by atoms with Gasteiger partial charge in [0.1, 0.15) is 5.15 Å². The van der Waals surface area contributed by atoms with E-state index >= 15 is 0 Å². The average molecular weight is 347 g/mol. The first-order valence-corrected chi connectivity index (χ1v) is 8.06. The van der Waals surface area contributed by atoms with Crippen LogP contribution in [0, 0.1) is 0 Å². The van der Waals surface area contributed by atoms with Gasteiger partial charge in [0, 0.05) is 26.3 Å². The topological polar surface area (TPSA) is 67.8 Å². The summed E-state index contributed by atoms with van der Waals surface area (Å²) in [5, 5.41) is 7.02. The first-order chi connectivity index (χ1) is 11.7. The first-order valence-electron chi connectivity index (χ1n) is 7.68. The summed E-state index contributed by atoms with van der Waals surface area (Å²) in [5.74, 6) is 2.36. The molecular formula is C17H19ClN4O2. The van der Waals surface area contributed by atoms with Gasteiger partial charge in [0.15, 0.2) is 17.5 Å². The van der Waals surface area contributed by atoms with Gasteiger partial charge in [-0.1, -0.05) is 23.7 Å². The number of aliphatic imine (C=N–C) groups is 1. The second-order valence-corrected chi connectivity index (χ2v) is 5.67. The van der Waals surface area contributed by atoms with Crippen LogP contribution in [-0.4, -0.2) is 31.3 Å². The highest BCUT2D eigenvalue weighted by Gasteiger charge is 2.12. The van der Waals surface area contributed by atoms with Crippen molar-refractivity contribution in [3.8, 4) is 11.5 Å². The highest BCUT2D eigenvalue weighted by molar-refractivity contribution is 6.29. The fourth-order valence-corrected chi connectivity index (χ4v) is 2.45. The Morgan fingerprint density at radius 3 is 2.79 bits per heavy atom. The van der Waals surface area contributed by atoms with E-state index in [2.05, 4.69) is 20.6 Å². The summed E-state index contributed by atoms with van der Waals surface area (Å²) in [6, 6.07) is 9.71. The van der Waals surface area contributed by atoms with E-state index in [4.69, 9.17) is 21.1 Å². The number of nitrogens with zero attached hydrogens (tertiary/aromatic N) is 2. The average Bonchev–Trinajstić information content (AvgIpc) is 3.07. The summed E-state index contributed by atoms with van der Waals surface area (Å²) in [4.78, 5) is 8.27. The van der Waals surface area contributed by atoms with Crippen LogP contribution in [0.1, 0.15) is 11.1 Å². The number of aromatic nitrogens is 1. The minimum atomic E-state index is 0.299. The van der Waals surface area contributed by atoms with Crippen LogP contribution in [0.25, 0.3) is 0 Å². The Labute approximate surface area is 145 Å². The van der Waals surface area contributed by atoms with Gasteiger partial charge in [-0.05, 0) is 35.7 Å². The fraction of sp³-hybridized carbons (Fsp3) is 0.294. The lowest BCUT2D eigenvalue weighted by atomic mass is 10.1. The van der Waals surface area contributed by atoms with Gasteiger partial charge in [-0.15, -0.1) is 0 Å². The summed E-state index contributed by atoms with van der Waals surface area (Å²) in [5.41, 5.74) is 2.22. The molecule has 24 heavy (non-hydrogen) atoms. The van der Waals surface area contributed by atoms with E-state index in [9.17, 15) is 0 Å². The van der Waals surface area contributed by atoms with Gasteiger partial charge in [0.2, 0.25) is 6.79 Å². The molecule has 1 aliphatic heterocycles. The molecule has 6 nitrogen and oxygen atoms in total. The van der Waals surface area contributed by atoms with E-state index in [1.807, 2.05) is 24.3 Å². The van der Waals surface area contributed by atoms with Crippen molar-refractivity contribution in [2.24, 2.45) is 4.99 Å². The van der Waals surface area contributed by atoms with Gasteiger partial charge < -0.3 is 20.1 Å². The zero-order chi connectivity index (χ0) is 16.8. The normalized spacial score (nSPS) is 13.0. The Balaban J connectivity index is 1.45. The molecule has 0 atom stereocenters. The molecule has 1 aliphatic rings. The maximum atomic E-state index is 5.78. The molecule has 0 amide bonds. The Kier molecular flexibility index (Phi) is 5.38. The van der Waals surface area contributed by atoms with Crippen LogP contribution in [0.15, 0.2) is 41.5 Å². The van der Waals surface area contributed by atoms with Crippen molar-refractivity contribution in [1.82, 2.24) is 15.6 Å². The molecular weight excluding hydrogens is 328 g/mol. The van der Waals surface area contributed by atoms with E-state index in [0.717, 1.165) is 36.0 Å². The number of benzene rings is 1. The Bertz CT molecular complexity index is 719. The highest BCUT2D eigenvalue weighted by atomic mass is 35.5. The zero-order valence-electron chi connectivity index (χ0n) is 13.4. The van der Waals surface area contributed by atoms with Crippen LogP contribution in [0.5, 0.6) is 11.5 Å². The van der Waals surface area contributed by atoms with Gasteiger partial charge >= 0.3 is 0 Å². The molecule has 0 saturated carbocycles. The van der Waals surface area contributed by atoms with Gasteiger partial charge in [0.25, 0.3) is 0 Å². The van der Waals surface area contributed by atoms with Gasteiger partial charge in [0.05, 0.1) is 0 Å². The van der Waals surface area contributed by atoms with Gasteiger partial charge in [-0.3, -0.25) is 4.99 Å². The van der Waals surface area contributed by atoms with Crippen molar-refractivity contribution in [2.45, 2.75) is 13.0 Å². The predicted octanol–water partition coefficient (Wildman–Crippen LogP) is 2.37. The van der Waals surface area contributed by atoms with Crippen LogP contribution in [0.3, 0.4) is 0 Å². The number of hydrogen-bond acceptors (Lipinski definition) is 4. The summed E-state index contributed by atoms with van der Waals surface area (Å²) >= 11 is 5.78. The molecule has 3 rings (SSSR count). The molecule has 0 spiro atoms. The lowest BCUT2D eigenvalue weighted by Crippen LogP contribution is -2.37. The largest absolute Gasteiger partial charge is 0.454 e. The fourth-order valence-electron chi connectivity index (χ4n) is 2.34. The summed E-state index contributed by atoms with van der Waals surface area (Å²) in [7, 11) is 1.75. The SMILES string of the molecule is CN=C(NCCc1ccc2c(c1)OCO2)NCc1ccc(Cl)nc1. The third-order valence-corrected chi connectivity index (χ3v) is 3.84. The standard InChI is InChI=1S/C17H19ClN4O2/c1-19-17(22-10-13-3-5-16(18)21-9-13)20-7-6-12-2-4-14-15(8-12)24-11-23-14/h2-5,8-9H,6-7,10-11H2,1H3,(H2,19,20,22). The van der Waals surface area contributed by atoms with E-state index in [1.165, 1.54) is 5.56 Å². The van der Waals surface area contributed by atoms with Crippen LogP contribution in [0.4, 0.5) is 0 Å². The predicted molar refractivity (Wildman–Crippen MR) is 93.7 cm³/mol. The molecule has 1 aromatic carbocycles. The molecule has 2 aromatic rings. The zero-order valence-corrected chi connectivity index (χ0v) is 14.1. The minimum absolute atomic E-state index is 0.299. The highest BCUT2D eigenvalue weighted by Crippen LogP contribution is 2.32. The number of pyridine rings is 1. The van der Waals surface area contributed by atoms with Crippen LogP contribution >= 0.6 is 11.6 Å². The van der Waals surface area contributed by atoms with Crippen molar-refractivity contribution >= 4 is 17.6 Å². The van der Waals surface area contributed by atoms with Gasteiger partial charge in [-0.25, -0.2) is 4.98 Å². The third kappa shape index (κ3) is 4.29. The van der Waals surface area contributed by atoms with Crippen LogP contribution in [0.2, 0.25) is 5.15 Å². The van der Waals surface area contributed by atoms with E-state index in [0.29, 0.717) is 18.5 Å². The Morgan fingerprint density at radius 1 is 1.17 bits per heavy atom. The van der Waals surface area contributed by atoms with E-state index < -0.39 is 0 Å². The lowest BCUT2D eigenvalue weighted by molar-refractivity contribution is 0.174. The molecule has 0 bridgehead atoms. The molecule has 7 heteroatoms. The van der Waals surface area contributed by atoms with Crippen molar-refractivity contribution < 1.29 is 9.47 Å².